The highest BCUT2D eigenvalue weighted by atomic mass is 19.1. The van der Waals surface area contributed by atoms with Crippen LogP contribution < -0.4 is 10.2 Å². The van der Waals surface area contributed by atoms with E-state index in [9.17, 15) is 9.18 Å². The van der Waals surface area contributed by atoms with Gasteiger partial charge < -0.3 is 15.1 Å². The highest BCUT2D eigenvalue weighted by molar-refractivity contribution is 5.94. The topological polar surface area (TPSA) is 64.6 Å². The Bertz CT molecular complexity index is 1000. The Morgan fingerprint density at radius 2 is 1.69 bits per heavy atom. The molecule has 2 aromatic rings. The summed E-state index contributed by atoms with van der Waals surface area (Å²) in [4.78, 5) is 29.1. The number of hydrogen-bond acceptors (Lipinski definition) is 6. The molecule has 1 aromatic heterocycles. The van der Waals surface area contributed by atoms with Gasteiger partial charge in [0.2, 0.25) is 5.95 Å². The molecule has 1 atom stereocenters. The molecule has 1 N–H and O–H groups in total. The number of likely N-dealkylation sites (tertiary alicyclic amines) is 2. The van der Waals surface area contributed by atoms with Crippen molar-refractivity contribution in [2.75, 3.05) is 49.5 Å². The molecule has 1 aromatic carbocycles. The van der Waals surface area contributed by atoms with Gasteiger partial charge in [-0.1, -0.05) is 25.3 Å². The lowest BCUT2D eigenvalue weighted by atomic mass is 10.0. The van der Waals surface area contributed by atoms with E-state index < -0.39 is 0 Å². The number of benzene rings is 1. The van der Waals surface area contributed by atoms with Crippen LogP contribution in [0.15, 0.2) is 36.5 Å². The molecular formula is C28H39FN6O. The summed E-state index contributed by atoms with van der Waals surface area (Å²) in [6, 6.07) is 8.84. The molecule has 0 saturated carbocycles. The molecular weight excluding hydrogens is 455 g/mol. The van der Waals surface area contributed by atoms with Crippen molar-refractivity contribution in [2.45, 2.75) is 69.9 Å². The van der Waals surface area contributed by atoms with E-state index in [1.807, 2.05) is 17.2 Å². The first-order chi connectivity index (χ1) is 17.7. The van der Waals surface area contributed by atoms with Crippen molar-refractivity contribution in [3.05, 3.63) is 47.9 Å². The molecule has 0 bridgehead atoms. The van der Waals surface area contributed by atoms with Crippen LogP contribution in [0.5, 0.6) is 0 Å². The molecule has 0 spiro atoms. The second-order valence-corrected chi connectivity index (χ2v) is 10.5. The molecule has 7 nitrogen and oxygen atoms in total. The molecule has 3 saturated heterocycles. The van der Waals surface area contributed by atoms with Gasteiger partial charge in [0.25, 0.3) is 5.91 Å². The summed E-state index contributed by atoms with van der Waals surface area (Å²) in [5.74, 6) is 1.35. The molecule has 0 aliphatic carbocycles. The van der Waals surface area contributed by atoms with E-state index in [4.69, 9.17) is 4.98 Å². The van der Waals surface area contributed by atoms with Crippen LogP contribution in [0.1, 0.15) is 68.1 Å². The second kappa shape index (κ2) is 12.0. The lowest BCUT2D eigenvalue weighted by molar-refractivity contribution is 0.0619. The summed E-state index contributed by atoms with van der Waals surface area (Å²) in [6.07, 6.45) is 12.4. The number of carbonyl (C=O) groups is 1. The maximum atomic E-state index is 13.6. The Hall–Kier alpha value is -2.74. The van der Waals surface area contributed by atoms with Crippen molar-refractivity contribution in [2.24, 2.45) is 0 Å². The van der Waals surface area contributed by atoms with Crippen molar-refractivity contribution in [1.82, 2.24) is 19.8 Å². The quantitative estimate of drug-likeness (QED) is 0.657. The van der Waals surface area contributed by atoms with E-state index in [1.165, 1.54) is 50.7 Å². The van der Waals surface area contributed by atoms with E-state index >= 15 is 0 Å². The van der Waals surface area contributed by atoms with Gasteiger partial charge in [-0.25, -0.2) is 9.37 Å². The number of amides is 1. The number of nitrogens with one attached hydrogen (secondary N) is 1. The summed E-state index contributed by atoms with van der Waals surface area (Å²) in [5.41, 5.74) is 0.440. The Balaban J connectivity index is 1.16. The predicted octanol–water partition coefficient (Wildman–Crippen LogP) is 4.57. The lowest BCUT2D eigenvalue weighted by Crippen LogP contribution is -2.49. The molecule has 8 heteroatoms. The Kier molecular flexibility index (Phi) is 8.31. The summed E-state index contributed by atoms with van der Waals surface area (Å²) in [7, 11) is 0. The molecule has 1 unspecified atom stereocenters. The van der Waals surface area contributed by atoms with Crippen molar-refractivity contribution in [1.29, 1.82) is 0 Å². The normalized spacial score (nSPS) is 22.6. The standard InChI is InChI=1S/C28H39FN6O/c29-23-9-7-8-22(20-23)27(36)34-18-12-25(13-19-34)35-17-6-3-10-24(21-35)31-28-30-14-11-26(32-28)33-15-4-1-2-5-16-33/h7-9,11,14,20,24-25H,1-6,10,12-13,15-19,21H2,(H,30,31,32). The van der Waals surface area contributed by atoms with Crippen LogP contribution in [0.2, 0.25) is 0 Å². The van der Waals surface area contributed by atoms with Crippen molar-refractivity contribution >= 4 is 17.7 Å². The van der Waals surface area contributed by atoms with Gasteiger partial charge in [-0.3, -0.25) is 9.69 Å². The Morgan fingerprint density at radius 1 is 0.917 bits per heavy atom. The summed E-state index contributed by atoms with van der Waals surface area (Å²) >= 11 is 0. The summed E-state index contributed by atoms with van der Waals surface area (Å²) < 4.78 is 13.6. The summed E-state index contributed by atoms with van der Waals surface area (Å²) in [6.45, 7) is 5.66. The minimum Gasteiger partial charge on any atom is -0.356 e. The van der Waals surface area contributed by atoms with E-state index in [2.05, 4.69) is 20.1 Å². The van der Waals surface area contributed by atoms with Gasteiger partial charge in [0.1, 0.15) is 11.6 Å². The number of carbonyl (C=O) groups excluding carboxylic acids is 1. The number of nitrogens with zero attached hydrogens (tertiary/aromatic N) is 5. The smallest absolute Gasteiger partial charge is 0.253 e. The first kappa shape index (κ1) is 24.9. The fourth-order valence-electron chi connectivity index (χ4n) is 5.94. The number of rotatable bonds is 5. The third-order valence-electron chi connectivity index (χ3n) is 7.95. The van der Waals surface area contributed by atoms with Crippen molar-refractivity contribution in [3.8, 4) is 0 Å². The van der Waals surface area contributed by atoms with Gasteiger partial charge in [0.05, 0.1) is 0 Å². The third-order valence-corrected chi connectivity index (χ3v) is 7.95. The van der Waals surface area contributed by atoms with Gasteiger partial charge in [0, 0.05) is 56.6 Å². The maximum absolute atomic E-state index is 13.6. The lowest BCUT2D eigenvalue weighted by Gasteiger charge is -2.39. The molecule has 0 radical (unpaired) electrons. The monoisotopic (exact) mass is 494 g/mol. The first-order valence-electron chi connectivity index (χ1n) is 13.8. The van der Waals surface area contributed by atoms with Crippen LogP contribution in [0.4, 0.5) is 16.2 Å². The largest absolute Gasteiger partial charge is 0.356 e. The van der Waals surface area contributed by atoms with Gasteiger partial charge in [-0.15, -0.1) is 0 Å². The van der Waals surface area contributed by atoms with Crippen molar-refractivity contribution in [3.63, 3.8) is 0 Å². The third kappa shape index (κ3) is 6.33. The molecule has 36 heavy (non-hydrogen) atoms. The zero-order valence-electron chi connectivity index (χ0n) is 21.2. The van der Waals surface area contributed by atoms with Crippen LogP contribution in [0, 0.1) is 5.82 Å². The van der Waals surface area contributed by atoms with Crippen LogP contribution in [-0.2, 0) is 0 Å². The highest BCUT2D eigenvalue weighted by Crippen LogP contribution is 2.24. The minimum atomic E-state index is -0.361. The molecule has 3 aliphatic heterocycles. The fraction of sp³-hybridized carbons (Fsp3) is 0.607. The molecule has 3 fully saturated rings. The maximum Gasteiger partial charge on any atom is 0.253 e. The van der Waals surface area contributed by atoms with E-state index in [1.54, 1.807) is 12.1 Å². The number of aromatic nitrogens is 2. The number of hydrogen-bond donors (Lipinski definition) is 1. The number of anilines is 2. The van der Waals surface area contributed by atoms with Gasteiger partial charge in [-0.2, -0.15) is 4.98 Å². The predicted molar refractivity (Wildman–Crippen MR) is 141 cm³/mol. The number of piperidine rings is 1. The van der Waals surface area contributed by atoms with Crippen LogP contribution in [0.25, 0.3) is 0 Å². The Labute approximate surface area is 214 Å². The van der Waals surface area contributed by atoms with E-state index in [-0.39, 0.29) is 11.7 Å². The first-order valence-corrected chi connectivity index (χ1v) is 13.8. The molecule has 3 aliphatic rings. The van der Waals surface area contributed by atoms with Gasteiger partial charge in [0.15, 0.2) is 0 Å². The van der Waals surface area contributed by atoms with Crippen LogP contribution in [0.3, 0.4) is 0 Å². The SMILES string of the molecule is O=C(c1cccc(F)c1)N1CCC(N2CCCCC(Nc3nccc(N4CCCCCC4)n3)C2)CC1. The fourth-order valence-corrected chi connectivity index (χ4v) is 5.94. The average molecular weight is 495 g/mol. The average Bonchev–Trinajstić information content (AvgIpc) is 3.32. The zero-order valence-corrected chi connectivity index (χ0v) is 21.2. The summed E-state index contributed by atoms with van der Waals surface area (Å²) in [5, 5.41) is 3.65. The molecule has 194 valence electrons. The second-order valence-electron chi connectivity index (χ2n) is 10.5. The zero-order chi connectivity index (χ0) is 24.7. The molecule has 5 rings (SSSR count). The van der Waals surface area contributed by atoms with E-state index in [0.717, 1.165) is 70.3 Å². The minimum absolute atomic E-state index is 0.0650. The molecule has 4 heterocycles. The van der Waals surface area contributed by atoms with Gasteiger partial charge in [-0.05, 0) is 69.3 Å². The Morgan fingerprint density at radius 3 is 2.47 bits per heavy atom. The van der Waals surface area contributed by atoms with E-state index in [0.29, 0.717) is 17.6 Å². The molecule has 1 amide bonds. The highest BCUT2D eigenvalue weighted by Gasteiger charge is 2.30. The van der Waals surface area contributed by atoms with Crippen molar-refractivity contribution < 1.29 is 9.18 Å². The van der Waals surface area contributed by atoms with Crippen LogP contribution in [-0.4, -0.2) is 77.0 Å². The number of halogens is 1. The van der Waals surface area contributed by atoms with Crippen LogP contribution >= 0.6 is 0 Å². The van der Waals surface area contributed by atoms with Gasteiger partial charge >= 0.3 is 0 Å².